The van der Waals surface area contributed by atoms with Crippen molar-refractivity contribution in [1.29, 1.82) is 0 Å². The number of unbranched alkanes of at least 4 members (excludes halogenated alkanes) is 2. The quantitative estimate of drug-likeness (QED) is 0.0475. The summed E-state index contributed by atoms with van der Waals surface area (Å²) in [6.45, 7) is 6.00. The van der Waals surface area contributed by atoms with E-state index >= 15 is 0 Å². The van der Waals surface area contributed by atoms with Gasteiger partial charge in [-0.3, -0.25) is 0 Å². The summed E-state index contributed by atoms with van der Waals surface area (Å²) < 4.78 is 350. The zero-order chi connectivity index (χ0) is 47.6. The maximum atomic E-state index is 13.8. The van der Waals surface area contributed by atoms with Crippen LogP contribution in [0, 0.1) is 5.92 Å². The first-order chi connectivity index (χ1) is 25.2. The lowest BCUT2D eigenvalue weighted by atomic mass is 9.85. The van der Waals surface area contributed by atoms with E-state index in [1.807, 2.05) is 0 Å². The second-order valence-corrected chi connectivity index (χ2v) is 14.9. The Kier molecular flexibility index (Phi) is 25.0. The van der Waals surface area contributed by atoms with Crippen LogP contribution < -0.4 is 0 Å². The molecule has 0 aromatic heterocycles. The molecule has 59 heavy (non-hydrogen) atoms. The Hall–Kier alpha value is -0.760. The Bertz CT molecular complexity index is 1110. The third-order valence-electron chi connectivity index (χ3n) is 7.86. The molecule has 0 aliphatic rings. The number of alkyl halides is 30. The molecule has 2 atom stereocenters. The van der Waals surface area contributed by atoms with Crippen LogP contribution in [0.4, 0.5) is 123 Å². The van der Waals surface area contributed by atoms with E-state index in [0.717, 1.165) is 22.6 Å². The van der Waals surface area contributed by atoms with Gasteiger partial charge in [-0.2, -0.15) is 105 Å². The lowest BCUT2D eigenvalue weighted by Gasteiger charge is -2.33. The SMILES string of the molecule is C.C=C.FC(F)(F)C(F)(CCCCC(CCI)CC(F)(C(F)(F)F)C(F)(F)F)C(F)(F)F.FC(F)(F)C(F)(CCCCC(I)CC(F)(C(F)(F)F)C(F)(F)F)C(F)(F)F. The van der Waals surface area contributed by atoms with Crippen molar-refractivity contribution >= 4 is 45.2 Å². The fraction of sp³-hybridized carbons (Fsp3) is 0.931. The van der Waals surface area contributed by atoms with Gasteiger partial charge in [0.1, 0.15) is 0 Å². The Morgan fingerprint density at radius 1 is 0.339 bits per heavy atom. The molecule has 0 rings (SSSR count). The van der Waals surface area contributed by atoms with Crippen molar-refractivity contribution < 1.29 is 123 Å². The molecule has 0 aromatic rings. The van der Waals surface area contributed by atoms with Crippen LogP contribution in [-0.4, -0.2) is 80.4 Å². The van der Waals surface area contributed by atoms with Gasteiger partial charge < -0.3 is 0 Å². The summed E-state index contributed by atoms with van der Waals surface area (Å²) in [7, 11) is 0. The largest absolute Gasteiger partial charge is 0.431 e. The number of hydrogen-bond donors (Lipinski definition) is 0. The zero-order valence-electron chi connectivity index (χ0n) is 28.4. The summed E-state index contributed by atoms with van der Waals surface area (Å²) in [5.74, 6) is -1.65. The van der Waals surface area contributed by atoms with Crippen molar-refractivity contribution in [2.24, 2.45) is 5.92 Å². The molecule has 0 aliphatic heterocycles. The minimum atomic E-state index is -6.32. The van der Waals surface area contributed by atoms with Gasteiger partial charge >= 0.3 is 49.4 Å². The average molecular weight is 1170 g/mol. The van der Waals surface area contributed by atoms with Crippen molar-refractivity contribution in [3.8, 4) is 0 Å². The van der Waals surface area contributed by atoms with Crippen LogP contribution in [0.25, 0.3) is 0 Å². The van der Waals surface area contributed by atoms with Gasteiger partial charge in [0.25, 0.3) is 22.7 Å². The molecule has 0 N–H and O–H groups in total. The van der Waals surface area contributed by atoms with Gasteiger partial charge in [0.05, 0.1) is 0 Å². The average Bonchev–Trinajstić information content (AvgIpc) is 2.98. The molecule has 0 amide bonds. The predicted octanol–water partition coefficient (Wildman–Crippen LogP) is 16.9. The van der Waals surface area contributed by atoms with Crippen LogP contribution in [0.5, 0.6) is 0 Å². The molecule has 30 heteroatoms. The van der Waals surface area contributed by atoms with Crippen LogP contribution in [0.2, 0.25) is 0 Å². The summed E-state index contributed by atoms with van der Waals surface area (Å²) in [4.78, 5) is 0. The molecule has 360 valence electrons. The number of halogens is 30. The van der Waals surface area contributed by atoms with E-state index in [-0.39, 0.29) is 11.9 Å². The fourth-order valence-corrected chi connectivity index (χ4v) is 6.44. The van der Waals surface area contributed by atoms with Gasteiger partial charge in [-0.25, -0.2) is 17.6 Å². The summed E-state index contributed by atoms with van der Waals surface area (Å²) >= 11 is 2.51. The van der Waals surface area contributed by atoms with Crippen LogP contribution in [-0.2, 0) is 0 Å². The highest BCUT2D eigenvalue weighted by Crippen LogP contribution is 2.54. The van der Waals surface area contributed by atoms with E-state index in [1.54, 1.807) is 22.6 Å². The number of rotatable bonds is 16. The fourth-order valence-electron chi connectivity index (χ4n) is 4.52. The molecule has 0 nitrogen and oxygen atoms in total. The third-order valence-corrected chi connectivity index (χ3v) is 9.54. The summed E-state index contributed by atoms with van der Waals surface area (Å²) in [6, 6.07) is 0. The summed E-state index contributed by atoms with van der Waals surface area (Å²) in [6.07, 6.45) is -64.8. The molecular formula is C29H34F28I2. The molecule has 0 saturated heterocycles. The van der Waals surface area contributed by atoms with E-state index in [0.29, 0.717) is 0 Å². The molecule has 0 fully saturated rings. The molecule has 0 heterocycles. The highest BCUT2D eigenvalue weighted by molar-refractivity contribution is 14.1. The molecule has 2 unspecified atom stereocenters. The van der Waals surface area contributed by atoms with Gasteiger partial charge in [0, 0.05) is 16.8 Å². The Balaban J connectivity index is -0.000000485. The first-order valence-corrected chi connectivity index (χ1v) is 18.0. The minimum Gasteiger partial charge on any atom is -0.224 e. The summed E-state index contributed by atoms with van der Waals surface area (Å²) in [5.41, 5.74) is -22.3. The second kappa shape index (κ2) is 22.7. The predicted molar refractivity (Wildman–Crippen MR) is 173 cm³/mol. The van der Waals surface area contributed by atoms with Gasteiger partial charge in [-0.1, -0.05) is 71.9 Å². The lowest BCUT2D eigenvalue weighted by Crippen LogP contribution is -2.54. The Morgan fingerprint density at radius 3 is 0.814 bits per heavy atom. The topological polar surface area (TPSA) is 0 Å². The lowest BCUT2D eigenvalue weighted by molar-refractivity contribution is -0.346. The van der Waals surface area contributed by atoms with Crippen LogP contribution in [0.1, 0.15) is 78.1 Å². The highest BCUT2D eigenvalue weighted by Gasteiger charge is 2.75. The maximum absolute atomic E-state index is 13.8. The monoisotopic (exact) mass is 1170 g/mol. The number of hydrogen-bond acceptors (Lipinski definition) is 0. The van der Waals surface area contributed by atoms with Crippen LogP contribution in [0.15, 0.2) is 13.2 Å². The van der Waals surface area contributed by atoms with Crippen molar-refractivity contribution in [3.63, 3.8) is 0 Å². The van der Waals surface area contributed by atoms with Gasteiger partial charge in [0.2, 0.25) is 0 Å². The van der Waals surface area contributed by atoms with Crippen LogP contribution >= 0.6 is 45.2 Å². The minimum absolute atomic E-state index is 0. The van der Waals surface area contributed by atoms with Crippen LogP contribution in [0.3, 0.4) is 0 Å². The first kappa shape index (κ1) is 64.9. The summed E-state index contributed by atoms with van der Waals surface area (Å²) in [5, 5.41) is 0. The molecule has 0 aliphatic carbocycles. The molecule has 0 saturated carbocycles. The molecule has 0 radical (unpaired) electrons. The standard InChI is InChI=1S/C14H15F14I.C12H11F14I.C2H4.CH4/c15-9(11(17,18)19,12(20,21)22)5-2-1-3-8(4-6-29)7-10(16,13(23,24)25)14(26,27)28;13-7(9(15,16)17,10(18,19)20)4-2-1-3-6(27)5-8(14,11(21,22)23)12(24,25)26;1-2;/h8H,1-7H2;6H,1-5H2;1-2H2;1H4. The van der Waals surface area contributed by atoms with Gasteiger partial charge in [-0.05, 0) is 48.9 Å². The van der Waals surface area contributed by atoms with Crippen molar-refractivity contribution in [3.05, 3.63) is 13.2 Å². The third kappa shape index (κ3) is 17.4. The van der Waals surface area contributed by atoms with E-state index in [4.69, 9.17) is 0 Å². The molecular weight excluding hydrogens is 1130 g/mol. The van der Waals surface area contributed by atoms with E-state index in [9.17, 15) is 123 Å². The molecule has 0 spiro atoms. The van der Waals surface area contributed by atoms with Crippen molar-refractivity contribution in [2.45, 2.75) is 154 Å². The second-order valence-electron chi connectivity index (χ2n) is 12.0. The first-order valence-electron chi connectivity index (χ1n) is 15.2. The van der Waals surface area contributed by atoms with E-state index in [2.05, 4.69) is 13.2 Å². The normalized spacial score (nSPS) is 15.6. The van der Waals surface area contributed by atoms with Crippen molar-refractivity contribution in [1.82, 2.24) is 0 Å². The van der Waals surface area contributed by atoms with E-state index in [1.165, 1.54) is 0 Å². The molecule has 0 aromatic carbocycles. The highest BCUT2D eigenvalue weighted by atomic mass is 127. The maximum Gasteiger partial charge on any atom is 0.431 e. The Labute approximate surface area is 344 Å². The van der Waals surface area contributed by atoms with Gasteiger partial charge in [-0.15, -0.1) is 13.2 Å². The Morgan fingerprint density at radius 2 is 0.576 bits per heavy atom. The van der Waals surface area contributed by atoms with Gasteiger partial charge in [0.15, 0.2) is 0 Å². The smallest absolute Gasteiger partial charge is 0.224 e. The van der Waals surface area contributed by atoms with E-state index < -0.39 is 153 Å². The molecule has 0 bridgehead atoms. The zero-order valence-corrected chi connectivity index (χ0v) is 32.7. The van der Waals surface area contributed by atoms with Crippen molar-refractivity contribution in [2.75, 3.05) is 4.43 Å².